The van der Waals surface area contributed by atoms with Crippen molar-refractivity contribution in [3.05, 3.63) is 28.5 Å². The molecular weight excluding hydrogens is 299 g/mol. The van der Waals surface area contributed by atoms with Gasteiger partial charge in [-0.05, 0) is 18.6 Å². The minimum absolute atomic E-state index is 0.0729. The van der Waals surface area contributed by atoms with E-state index in [1.807, 2.05) is 0 Å². The van der Waals surface area contributed by atoms with Gasteiger partial charge in [-0.2, -0.15) is 0 Å². The summed E-state index contributed by atoms with van der Waals surface area (Å²) in [7, 11) is -2.96. The van der Waals surface area contributed by atoms with Gasteiger partial charge in [0.25, 0.3) is 0 Å². The SMILES string of the molecule is CS(=O)(=O)CCCOc1cc(F)cc(Br)c1. The highest BCUT2D eigenvalue weighted by molar-refractivity contribution is 9.10. The van der Waals surface area contributed by atoms with Gasteiger partial charge in [0.1, 0.15) is 21.4 Å². The molecule has 0 saturated carbocycles. The molecular formula is C10H12BrFO3S. The molecule has 0 bridgehead atoms. The number of ether oxygens (including phenoxy) is 1. The van der Waals surface area contributed by atoms with Crippen molar-refractivity contribution >= 4 is 25.8 Å². The molecule has 0 spiro atoms. The zero-order valence-electron chi connectivity index (χ0n) is 8.74. The van der Waals surface area contributed by atoms with Crippen molar-refractivity contribution in [1.29, 1.82) is 0 Å². The number of rotatable bonds is 5. The highest BCUT2D eigenvalue weighted by atomic mass is 79.9. The van der Waals surface area contributed by atoms with Gasteiger partial charge in [-0.25, -0.2) is 12.8 Å². The summed E-state index contributed by atoms with van der Waals surface area (Å²) >= 11 is 3.14. The lowest BCUT2D eigenvalue weighted by molar-refractivity contribution is 0.316. The molecule has 0 saturated heterocycles. The molecule has 0 aliphatic rings. The molecule has 0 N–H and O–H groups in total. The van der Waals surface area contributed by atoms with Crippen molar-refractivity contribution in [3.8, 4) is 5.75 Å². The predicted octanol–water partition coefficient (Wildman–Crippen LogP) is 2.40. The summed E-state index contributed by atoms with van der Waals surface area (Å²) in [4.78, 5) is 0. The maximum absolute atomic E-state index is 12.9. The quantitative estimate of drug-likeness (QED) is 0.784. The van der Waals surface area contributed by atoms with Crippen LogP contribution in [-0.4, -0.2) is 27.0 Å². The second kappa shape index (κ2) is 5.63. The number of benzene rings is 1. The van der Waals surface area contributed by atoms with Gasteiger partial charge in [0, 0.05) is 16.8 Å². The first-order chi connectivity index (χ1) is 7.37. The molecule has 1 aromatic carbocycles. The first-order valence-corrected chi connectivity index (χ1v) is 7.49. The molecule has 0 atom stereocenters. The van der Waals surface area contributed by atoms with Crippen molar-refractivity contribution in [3.63, 3.8) is 0 Å². The molecule has 0 aromatic heterocycles. The third-order valence-electron chi connectivity index (χ3n) is 1.76. The van der Waals surface area contributed by atoms with Crippen LogP contribution in [0.15, 0.2) is 22.7 Å². The molecule has 0 aliphatic carbocycles. The highest BCUT2D eigenvalue weighted by Gasteiger charge is 2.03. The summed E-state index contributed by atoms with van der Waals surface area (Å²) in [6, 6.07) is 4.21. The van der Waals surface area contributed by atoms with Crippen molar-refractivity contribution in [2.45, 2.75) is 6.42 Å². The standard InChI is InChI=1S/C10H12BrFO3S/c1-16(13,14)4-2-3-15-10-6-8(11)5-9(12)7-10/h5-7H,2-4H2,1H3. The van der Waals surface area contributed by atoms with Crippen molar-refractivity contribution in [2.75, 3.05) is 18.6 Å². The van der Waals surface area contributed by atoms with E-state index in [2.05, 4.69) is 15.9 Å². The van der Waals surface area contributed by atoms with Crippen LogP contribution in [0.1, 0.15) is 6.42 Å². The van der Waals surface area contributed by atoms with Crippen LogP contribution in [0.4, 0.5) is 4.39 Å². The molecule has 3 nitrogen and oxygen atoms in total. The van der Waals surface area contributed by atoms with E-state index in [0.717, 1.165) is 0 Å². The maximum atomic E-state index is 12.9. The molecule has 1 aromatic rings. The van der Waals surface area contributed by atoms with Gasteiger partial charge in [0.2, 0.25) is 0 Å². The zero-order chi connectivity index (χ0) is 12.2. The average Bonchev–Trinajstić information content (AvgIpc) is 2.09. The lowest BCUT2D eigenvalue weighted by atomic mass is 10.3. The fourth-order valence-electron chi connectivity index (χ4n) is 1.12. The topological polar surface area (TPSA) is 43.4 Å². The van der Waals surface area contributed by atoms with Crippen LogP contribution in [-0.2, 0) is 9.84 Å². The summed E-state index contributed by atoms with van der Waals surface area (Å²) < 4.78 is 40.4. The van der Waals surface area contributed by atoms with Gasteiger partial charge in [-0.1, -0.05) is 15.9 Å². The van der Waals surface area contributed by atoms with Crippen LogP contribution < -0.4 is 4.74 Å². The van der Waals surface area contributed by atoms with Crippen LogP contribution in [0.3, 0.4) is 0 Å². The first kappa shape index (κ1) is 13.4. The largest absolute Gasteiger partial charge is 0.493 e. The van der Waals surface area contributed by atoms with E-state index in [1.165, 1.54) is 18.4 Å². The van der Waals surface area contributed by atoms with Gasteiger partial charge < -0.3 is 4.74 Å². The minimum Gasteiger partial charge on any atom is -0.493 e. The Bertz CT molecular complexity index is 439. The molecule has 0 unspecified atom stereocenters. The number of hydrogen-bond acceptors (Lipinski definition) is 3. The Morgan fingerprint density at radius 3 is 2.62 bits per heavy atom. The van der Waals surface area contributed by atoms with Gasteiger partial charge in [0.15, 0.2) is 0 Å². The smallest absolute Gasteiger partial charge is 0.147 e. The Morgan fingerprint density at radius 2 is 2.06 bits per heavy atom. The van der Waals surface area contributed by atoms with E-state index in [4.69, 9.17) is 4.74 Å². The summed E-state index contributed by atoms with van der Waals surface area (Å²) in [5, 5.41) is 0. The van der Waals surface area contributed by atoms with E-state index in [-0.39, 0.29) is 12.4 Å². The summed E-state index contributed by atoms with van der Waals surface area (Å²) in [6.45, 7) is 0.253. The Morgan fingerprint density at radius 1 is 1.38 bits per heavy atom. The third-order valence-corrected chi connectivity index (χ3v) is 3.25. The second-order valence-electron chi connectivity index (χ2n) is 3.44. The Hall–Kier alpha value is -0.620. The van der Waals surface area contributed by atoms with E-state index in [1.54, 1.807) is 6.07 Å². The molecule has 0 aliphatic heterocycles. The summed E-state index contributed by atoms with van der Waals surface area (Å²) in [5.41, 5.74) is 0. The van der Waals surface area contributed by atoms with Crippen LogP contribution in [0, 0.1) is 5.82 Å². The van der Waals surface area contributed by atoms with E-state index in [9.17, 15) is 12.8 Å². The lowest BCUT2D eigenvalue weighted by Gasteiger charge is -2.06. The summed E-state index contributed by atoms with van der Waals surface area (Å²) in [6.07, 6.45) is 1.57. The van der Waals surface area contributed by atoms with Crippen molar-refractivity contribution in [2.24, 2.45) is 0 Å². The van der Waals surface area contributed by atoms with E-state index < -0.39 is 15.7 Å². The molecule has 0 amide bonds. The molecule has 0 radical (unpaired) electrons. The first-order valence-electron chi connectivity index (χ1n) is 4.63. The maximum Gasteiger partial charge on any atom is 0.147 e. The van der Waals surface area contributed by atoms with Crippen LogP contribution in [0.2, 0.25) is 0 Å². The third kappa shape index (κ3) is 5.46. The lowest BCUT2D eigenvalue weighted by Crippen LogP contribution is -2.08. The molecule has 1 rings (SSSR count). The van der Waals surface area contributed by atoms with Gasteiger partial charge in [-0.3, -0.25) is 0 Å². The number of sulfone groups is 1. The molecule has 0 fully saturated rings. The number of hydrogen-bond donors (Lipinski definition) is 0. The zero-order valence-corrected chi connectivity index (χ0v) is 11.1. The van der Waals surface area contributed by atoms with Crippen LogP contribution >= 0.6 is 15.9 Å². The van der Waals surface area contributed by atoms with Gasteiger partial charge in [0.05, 0.1) is 12.4 Å². The molecule has 16 heavy (non-hydrogen) atoms. The number of halogens is 2. The van der Waals surface area contributed by atoms with Crippen molar-refractivity contribution < 1.29 is 17.5 Å². The Labute approximate surface area is 103 Å². The fraction of sp³-hybridized carbons (Fsp3) is 0.400. The Balaban J connectivity index is 2.43. The average molecular weight is 311 g/mol. The van der Waals surface area contributed by atoms with Crippen LogP contribution in [0.5, 0.6) is 5.75 Å². The molecule has 0 heterocycles. The van der Waals surface area contributed by atoms with E-state index in [0.29, 0.717) is 16.6 Å². The summed E-state index contributed by atoms with van der Waals surface area (Å²) in [5.74, 6) is 0.0663. The molecule has 6 heteroatoms. The molecule has 90 valence electrons. The monoisotopic (exact) mass is 310 g/mol. The second-order valence-corrected chi connectivity index (χ2v) is 6.61. The fourth-order valence-corrected chi connectivity index (χ4v) is 2.21. The van der Waals surface area contributed by atoms with Crippen molar-refractivity contribution in [1.82, 2.24) is 0 Å². The predicted molar refractivity (Wildman–Crippen MR) is 63.9 cm³/mol. The highest BCUT2D eigenvalue weighted by Crippen LogP contribution is 2.20. The van der Waals surface area contributed by atoms with Gasteiger partial charge >= 0.3 is 0 Å². The van der Waals surface area contributed by atoms with E-state index >= 15 is 0 Å². The normalized spacial score (nSPS) is 11.4. The van der Waals surface area contributed by atoms with Gasteiger partial charge in [-0.15, -0.1) is 0 Å². The minimum atomic E-state index is -2.96. The van der Waals surface area contributed by atoms with Crippen LogP contribution in [0.25, 0.3) is 0 Å². The Kier molecular flexibility index (Phi) is 4.73.